The summed E-state index contributed by atoms with van der Waals surface area (Å²) in [6, 6.07) is 5.85. The van der Waals surface area contributed by atoms with Crippen LogP contribution >= 0.6 is 0 Å². The van der Waals surface area contributed by atoms with Gasteiger partial charge in [0.25, 0.3) is 0 Å². The van der Waals surface area contributed by atoms with E-state index in [4.69, 9.17) is 4.74 Å². The predicted octanol–water partition coefficient (Wildman–Crippen LogP) is 1.04. The van der Waals surface area contributed by atoms with Crippen molar-refractivity contribution in [3.05, 3.63) is 29.3 Å². The first-order valence-electron chi connectivity index (χ1n) is 4.87. The highest BCUT2D eigenvalue weighted by Gasteiger charge is 2.15. The number of ether oxygens (including phenoxy) is 1. The summed E-state index contributed by atoms with van der Waals surface area (Å²) in [6.45, 7) is 1.55. The Bertz CT molecular complexity index is 328. The van der Waals surface area contributed by atoms with Crippen molar-refractivity contribution in [2.75, 3.05) is 20.2 Å². The minimum atomic E-state index is -0.390. The van der Waals surface area contributed by atoms with Crippen LogP contribution in [0.3, 0.4) is 0 Å². The van der Waals surface area contributed by atoms with Crippen molar-refractivity contribution in [3.8, 4) is 5.75 Å². The van der Waals surface area contributed by atoms with Crippen molar-refractivity contribution in [1.29, 1.82) is 0 Å². The lowest BCUT2D eigenvalue weighted by molar-refractivity contribution is 0.178. The number of fused-ring (bicyclic) bond motifs is 1. The fourth-order valence-electron chi connectivity index (χ4n) is 1.82. The van der Waals surface area contributed by atoms with E-state index in [9.17, 15) is 5.11 Å². The third kappa shape index (κ3) is 2.47. The highest BCUT2D eigenvalue weighted by Crippen LogP contribution is 2.24. The molecule has 0 amide bonds. The molecule has 4 heteroatoms. The molecular formula is C11H18N2O2. The average molecular weight is 210 g/mol. The van der Waals surface area contributed by atoms with Gasteiger partial charge in [0, 0.05) is 6.54 Å². The first-order chi connectivity index (χ1) is 6.81. The Kier molecular flexibility index (Phi) is 4.08. The van der Waals surface area contributed by atoms with Gasteiger partial charge in [0.2, 0.25) is 0 Å². The monoisotopic (exact) mass is 210 g/mol. The van der Waals surface area contributed by atoms with Crippen LogP contribution in [-0.4, -0.2) is 25.3 Å². The average Bonchev–Trinajstić information content (AvgIpc) is 2.40. The van der Waals surface area contributed by atoms with Gasteiger partial charge >= 0.3 is 0 Å². The van der Waals surface area contributed by atoms with Crippen LogP contribution in [0.5, 0.6) is 5.75 Å². The highest BCUT2D eigenvalue weighted by atomic mass is 16.5. The zero-order chi connectivity index (χ0) is 9.97. The number of β-amino-alcohol motifs (C(OH)–C–C–N with tert-alkyl or cyclic N) is 1. The molecule has 0 aliphatic carbocycles. The largest absolute Gasteiger partial charge is 0.497 e. The van der Waals surface area contributed by atoms with E-state index in [-0.39, 0.29) is 6.15 Å². The third-order valence-corrected chi connectivity index (χ3v) is 2.62. The fraction of sp³-hybridized carbons (Fsp3) is 0.455. The Morgan fingerprint density at radius 2 is 2.27 bits per heavy atom. The molecule has 2 rings (SSSR count). The molecule has 15 heavy (non-hydrogen) atoms. The minimum absolute atomic E-state index is 0. The normalized spacial score (nSPS) is 19.7. The van der Waals surface area contributed by atoms with E-state index in [2.05, 4.69) is 5.32 Å². The lowest BCUT2D eigenvalue weighted by Crippen LogP contribution is -2.19. The van der Waals surface area contributed by atoms with E-state index in [1.807, 2.05) is 18.2 Å². The molecule has 1 aliphatic rings. The summed E-state index contributed by atoms with van der Waals surface area (Å²) >= 11 is 0. The standard InChI is InChI=1S/C11H15NO2.H3N/c1-14-9-2-3-10-8(6-9)4-5-12-7-11(10)13;/h2-3,6,11-13H,4-5,7H2,1H3;1H3. The van der Waals surface area contributed by atoms with Gasteiger partial charge in [-0.2, -0.15) is 0 Å². The van der Waals surface area contributed by atoms with E-state index >= 15 is 0 Å². The molecule has 0 aromatic heterocycles. The number of hydrogen-bond donors (Lipinski definition) is 3. The molecular weight excluding hydrogens is 192 g/mol. The Hall–Kier alpha value is -1.10. The molecule has 1 heterocycles. The highest BCUT2D eigenvalue weighted by molar-refractivity contribution is 5.37. The van der Waals surface area contributed by atoms with Crippen LogP contribution in [0.1, 0.15) is 17.2 Å². The summed E-state index contributed by atoms with van der Waals surface area (Å²) in [5.74, 6) is 0.859. The third-order valence-electron chi connectivity index (χ3n) is 2.62. The summed E-state index contributed by atoms with van der Waals surface area (Å²) in [6.07, 6.45) is 0.558. The Morgan fingerprint density at radius 1 is 1.47 bits per heavy atom. The number of nitrogens with one attached hydrogen (secondary N) is 1. The van der Waals surface area contributed by atoms with Crippen LogP contribution in [-0.2, 0) is 6.42 Å². The number of aliphatic hydroxyl groups is 1. The van der Waals surface area contributed by atoms with Gasteiger partial charge in [-0.1, -0.05) is 6.07 Å². The summed E-state index contributed by atoms with van der Waals surface area (Å²) in [4.78, 5) is 0. The number of methoxy groups -OCH3 is 1. The van der Waals surface area contributed by atoms with Crippen molar-refractivity contribution in [1.82, 2.24) is 11.5 Å². The van der Waals surface area contributed by atoms with Gasteiger partial charge in [-0.25, -0.2) is 0 Å². The van der Waals surface area contributed by atoms with Crippen molar-refractivity contribution in [3.63, 3.8) is 0 Å². The maximum atomic E-state index is 9.80. The maximum Gasteiger partial charge on any atom is 0.119 e. The second-order valence-corrected chi connectivity index (χ2v) is 3.53. The smallest absolute Gasteiger partial charge is 0.119 e. The van der Waals surface area contributed by atoms with Crippen molar-refractivity contribution in [2.45, 2.75) is 12.5 Å². The van der Waals surface area contributed by atoms with E-state index in [0.29, 0.717) is 6.54 Å². The summed E-state index contributed by atoms with van der Waals surface area (Å²) in [5.41, 5.74) is 2.21. The van der Waals surface area contributed by atoms with E-state index < -0.39 is 6.10 Å². The van der Waals surface area contributed by atoms with E-state index in [1.165, 1.54) is 5.56 Å². The van der Waals surface area contributed by atoms with Gasteiger partial charge in [-0.15, -0.1) is 0 Å². The fourth-order valence-corrected chi connectivity index (χ4v) is 1.82. The van der Waals surface area contributed by atoms with Crippen LogP contribution in [0.4, 0.5) is 0 Å². The Morgan fingerprint density at radius 3 is 3.00 bits per heavy atom. The lowest BCUT2D eigenvalue weighted by Gasteiger charge is -2.12. The lowest BCUT2D eigenvalue weighted by atomic mass is 10.0. The second-order valence-electron chi connectivity index (χ2n) is 3.53. The van der Waals surface area contributed by atoms with E-state index in [1.54, 1.807) is 7.11 Å². The molecule has 0 bridgehead atoms. The molecule has 0 radical (unpaired) electrons. The first-order valence-corrected chi connectivity index (χ1v) is 4.87. The quantitative estimate of drug-likeness (QED) is 0.647. The number of rotatable bonds is 1. The van der Waals surface area contributed by atoms with Crippen LogP contribution < -0.4 is 16.2 Å². The Balaban J connectivity index is 0.00000112. The summed E-state index contributed by atoms with van der Waals surface area (Å²) < 4.78 is 5.15. The molecule has 0 spiro atoms. The molecule has 84 valence electrons. The predicted molar refractivity (Wildman–Crippen MR) is 59.5 cm³/mol. The molecule has 5 N–H and O–H groups in total. The molecule has 1 unspecified atom stereocenters. The Labute approximate surface area is 89.8 Å². The van der Waals surface area contributed by atoms with Crippen molar-refractivity contribution < 1.29 is 9.84 Å². The molecule has 1 aromatic carbocycles. The summed E-state index contributed by atoms with van der Waals surface area (Å²) in [7, 11) is 1.66. The number of aliphatic hydroxyl groups excluding tert-OH is 1. The maximum absolute atomic E-state index is 9.80. The molecule has 1 aromatic rings. The van der Waals surface area contributed by atoms with Gasteiger partial charge in [0.1, 0.15) is 5.75 Å². The molecule has 4 nitrogen and oxygen atoms in total. The van der Waals surface area contributed by atoms with E-state index in [0.717, 1.165) is 24.3 Å². The van der Waals surface area contributed by atoms with Crippen LogP contribution in [0.15, 0.2) is 18.2 Å². The molecule has 0 fully saturated rings. The molecule has 0 saturated carbocycles. The van der Waals surface area contributed by atoms with Crippen LogP contribution in [0.2, 0.25) is 0 Å². The van der Waals surface area contributed by atoms with Crippen LogP contribution in [0, 0.1) is 0 Å². The van der Waals surface area contributed by atoms with Crippen LogP contribution in [0.25, 0.3) is 0 Å². The minimum Gasteiger partial charge on any atom is -0.497 e. The number of hydrogen-bond acceptors (Lipinski definition) is 4. The molecule has 1 aliphatic heterocycles. The van der Waals surface area contributed by atoms with Crippen molar-refractivity contribution in [2.24, 2.45) is 0 Å². The second kappa shape index (κ2) is 5.11. The SMILES string of the molecule is COc1ccc2c(c1)CCNCC2O.N. The first kappa shape index (κ1) is 12.0. The van der Waals surface area contributed by atoms with Gasteiger partial charge in [-0.05, 0) is 36.2 Å². The zero-order valence-electron chi connectivity index (χ0n) is 8.99. The molecule has 1 atom stereocenters. The van der Waals surface area contributed by atoms with Crippen molar-refractivity contribution >= 4 is 0 Å². The molecule has 0 saturated heterocycles. The van der Waals surface area contributed by atoms with Gasteiger partial charge in [0.05, 0.1) is 13.2 Å². The zero-order valence-corrected chi connectivity index (χ0v) is 8.99. The summed E-state index contributed by atoms with van der Waals surface area (Å²) in [5, 5.41) is 13.0. The van der Waals surface area contributed by atoms with Gasteiger partial charge in [-0.3, -0.25) is 0 Å². The van der Waals surface area contributed by atoms with Gasteiger partial charge < -0.3 is 21.3 Å². The topological polar surface area (TPSA) is 76.5 Å². The number of benzene rings is 1. The van der Waals surface area contributed by atoms with Gasteiger partial charge in [0.15, 0.2) is 0 Å².